The average Bonchev–Trinajstić information content (AvgIpc) is 3.96. The predicted molar refractivity (Wildman–Crippen MR) is 217 cm³/mol. The number of Topliss-reactive ketones (excluding diaryl/α,β-unsaturated/α-hetero) is 2. The van der Waals surface area contributed by atoms with Gasteiger partial charge in [-0.05, 0) is 96.4 Å². The van der Waals surface area contributed by atoms with E-state index in [0.29, 0.717) is 42.4 Å². The Labute approximate surface area is 342 Å². The highest BCUT2D eigenvalue weighted by atomic mass is 32.2. The molecular weight excluding hydrogens is 786 g/mol. The number of allylic oxidation sites excluding steroid dienone is 2. The second-order valence-electron chi connectivity index (χ2n) is 16.9. The van der Waals surface area contributed by atoms with Crippen molar-refractivity contribution in [2.45, 2.75) is 121 Å². The zero-order chi connectivity index (χ0) is 41.6. The number of benzene rings is 1. The molecule has 2 amide bonds. The number of thiophene rings is 1. The van der Waals surface area contributed by atoms with E-state index in [-0.39, 0.29) is 78.2 Å². The van der Waals surface area contributed by atoms with Crippen LogP contribution in [-0.4, -0.2) is 78.3 Å². The van der Waals surface area contributed by atoms with Gasteiger partial charge in [0.1, 0.15) is 17.4 Å². The van der Waals surface area contributed by atoms with Crippen LogP contribution in [0, 0.1) is 30.0 Å². The maximum Gasteiger partial charge on any atom is 0.240 e. The quantitative estimate of drug-likeness (QED) is 0.154. The van der Waals surface area contributed by atoms with Crippen molar-refractivity contribution in [3.8, 4) is 17.4 Å². The maximum absolute atomic E-state index is 14.9. The van der Waals surface area contributed by atoms with E-state index in [9.17, 15) is 32.0 Å². The molecule has 1 saturated heterocycles. The van der Waals surface area contributed by atoms with E-state index in [1.807, 2.05) is 39.0 Å². The SMILES string of the molecule is COc1c(F)ccc2c(OC3C[C@H]4C(=O)C[C@]5(C(=O)NS(=O)(=O)C6(C)CC6)C[C@H]5/C=C\CCCCC[C@H](CC(=O)c5ccc(C)s5)C(=O)N4C3)cc(OC(C)C)nc12. The summed E-state index contributed by atoms with van der Waals surface area (Å²) in [6, 6.07) is 6.98. The number of aryl methyl sites for hydroxylation is 1. The Kier molecular flexibility index (Phi) is 11.8. The van der Waals surface area contributed by atoms with E-state index in [4.69, 9.17) is 14.2 Å². The largest absolute Gasteiger partial charge is 0.491 e. The molecule has 4 aliphatic rings. The van der Waals surface area contributed by atoms with Crippen molar-refractivity contribution >= 4 is 55.6 Å². The second kappa shape index (κ2) is 16.4. The number of methoxy groups -OCH3 is 1. The van der Waals surface area contributed by atoms with Gasteiger partial charge in [-0.25, -0.2) is 17.8 Å². The van der Waals surface area contributed by atoms with Crippen LogP contribution in [0.15, 0.2) is 42.5 Å². The summed E-state index contributed by atoms with van der Waals surface area (Å²) in [5.41, 5.74) is -1.12. The molecule has 3 fully saturated rings. The highest BCUT2D eigenvalue weighted by Gasteiger charge is 2.62. The Hall–Kier alpha value is -4.37. The van der Waals surface area contributed by atoms with Crippen LogP contribution in [-0.2, 0) is 24.4 Å². The summed E-state index contributed by atoms with van der Waals surface area (Å²) in [5.74, 6) is -2.90. The van der Waals surface area contributed by atoms with Gasteiger partial charge in [0.25, 0.3) is 0 Å². The smallest absolute Gasteiger partial charge is 0.240 e. The number of aromatic nitrogens is 1. The minimum Gasteiger partial charge on any atom is -0.491 e. The van der Waals surface area contributed by atoms with Gasteiger partial charge in [0.05, 0.1) is 40.8 Å². The summed E-state index contributed by atoms with van der Waals surface area (Å²) in [4.78, 5) is 64.7. The second-order valence-corrected chi connectivity index (χ2v) is 20.4. The fourth-order valence-corrected chi connectivity index (χ4v) is 10.4. The molecule has 2 aliphatic heterocycles. The van der Waals surface area contributed by atoms with Crippen LogP contribution in [0.5, 0.6) is 17.4 Å². The Morgan fingerprint density at radius 1 is 1.12 bits per heavy atom. The van der Waals surface area contributed by atoms with Gasteiger partial charge in [0, 0.05) is 41.5 Å². The number of nitrogens with zero attached hydrogens (tertiary/aromatic N) is 2. The van der Waals surface area contributed by atoms with Crippen molar-refractivity contribution in [1.82, 2.24) is 14.6 Å². The summed E-state index contributed by atoms with van der Waals surface area (Å²) < 4.78 is 60.6. The van der Waals surface area contributed by atoms with E-state index in [2.05, 4.69) is 9.71 Å². The lowest BCUT2D eigenvalue weighted by Gasteiger charge is -2.29. The van der Waals surface area contributed by atoms with E-state index < -0.39 is 50.0 Å². The third-order valence-electron chi connectivity index (χ3n) is 12.1. The third-order valence-corrected chi connectivity index (χ3v) is 15.3. The molecule has 0 spiro atoms. The van der Waals surface area contributed by atoms with Crippen LogP contribution in [0.25, 0.3) is 10.9 Å². The molecular formula is C43H52FN3O9S2. The molecule has 7 rings (SSSR count). The van der Waals surface area contributed by atoms with Crippen LogP contribution in [0.2, 0.25) is 0 Å². The lowest BCUT2D eigenvalue weighted by Crippen LogP contribution is -2.47. The Bertz CT molecular complexity index is 2250. The normalized spacial score (nSPS) is 26.6. The molecule has 2 aromatic heterocycles. The number of hydrogen-bond acceptors (Lipinski definition) is 11. The molecule has 5 atom stereocenters. The van der Waals surface area contributed by atoms with Crippen LogP contribution < -0.4 is 18.9 Å². The van der Waals surface area contributed by atoms with Crippen molar-refractivity contribution in [3.05, 3.63) is 58.1 Å². The first-order valence-electron chi connectivity index (χ1n) is 20.2. The molecule has 4 heterocycles. The summed E-state index contributed by atoms with van der Waals surface area (Å²) >= 11 is 1.38. The van der Waals surface area contributed by atoms with Crippen molar-refractivity contribution in [1.29, 1.82) is 0 Å². The molecule has 3 aromatic rings. The van der Waals surface area contributed by atoms with Gasteiger partial charge in [0.2, 0.25) is 27.7 Å². The fourth-order valence-electron chi connectivity index (χ4n) is 8.29. The van der Waals surface area contributed by atoms with E-state index >= 15 is 0 Å². The number of rotatable bonds is 11. The van der Waals surface area contributed by atoms with Gasteiger partial charge >= 0.3 is 0 Å². The summed E-state index contributed by atoms with van der Waals surface area (Å²) in [5, 5.41) is 0.431. The number of nitrogens with one attached hydrogen (secondary N) is 1. The number of sulfonamides is 1. The standard InChI is InChI=1S/C43H52FN3O9S2/c1-25(2)55-37-21-35(30-14-15-31(44)39(54-5)38(30)45-37)56-29-20-32-34(49)23-43(41(51)46-58(52,53)42(4)17-18-42)22-28(43)12-10-8-6-7-9-11-27(40(50)47(32)24-29)19-33(48)36-16-13-26(3)57-36/h10,12-16,21,25,27-29,32H,6-9,11,17-20,22-24H2,1-5H3,(H,46,51)/b12-10-/t27-,28-,29?,32+,43-/m1/s1. The molecule has 15 heteroatoms. The summed E-state index contributed by atoms with van der Waals surface area (Å²) in [6.07, 6.45) is 7.36. The molecule has 58 heavy (non-hydrogen) atoms. The van der Waals surface area contributed by atoms with Gasteiger partial charge in [-0.15, -0.1) is 11.3 Å². The van der Waals surface area contributed by atoms with Crippen molar-refractivity contribution in [3.63, 3.8) is 0 Å². The van der Waals surface area contributed by atoms with Crippen molar-refractivity contribution in [2.24, 2.45) is 17.3 Å². The Balaban J connectivity index is 1.23. The lowest BCUT2D eigenvalue weighted by molar-refractivity contribution is -0.142. The predicted octanol–water partition coefficient (Wildman–Crippen LogP) is 7.26. The molecule has 0 bridgehead atoms. The zero-order valence-electron chi connectivity index (χ0n) is 33.7. The molecule has 2 aliphatic carbocycles. The number of fused-ring (bicyclic) bond motifs is 3. The number of pyridine rings is 1. The van der Waals surface area contributed by atoms with Gasteiger partial charge in [-0.3, -0.25) is 23.9 Å². The number of amides is 2. The Morgan fingerprint density at radius 3 is 2.59 bits per heavy atom. The number of halogens is 1. The van der Waals surface area contributed by atoms with Gasteiger partial charge < -0.3 is 19.1 Å². The number of carbonyl (C=O) groups is 4. The number of ether oxygens (including phenoxy) is 3. The average molecular weight is 838 g/mol. The number of hydrogen-bond donors (Lipinski definition) is 1. The highest BCUT2D eigenvalue weighted by molar-refractivity contribution is 7.91. The monoisotopic (exact) mass is 837 g/mol. The minimum atomic E-state index is -3.98. The lowest BCUT2D eigenvalue weighted by atomic mass is 9.90. The fraction of sp³-hybridized carbons (Fsp3) is 0.558. The maximum atomic E-state index is 14.9. The molecule has 312 valence electrons. The highest BCUT2D eigenvalue weighted by Crippen LogP contribution is 2.57. The third kappa shape index (κ3) is 8.52. The molecule has 12 nitrogen and oxygen atoms in total. The van der Waals surface area contributed by atoms with Gasteiger partial charge in [-0.1, -0.05) is 25.0 Å². The Morgan fingerprint density at radius 2 is 1.90 bits per heavy atom. The van der Waals surface area contributed by atoms with E-state index in [1.54, 1.807) is 19.1 Å². The van der Waals surface area contributed by atoms with Gasteiger partial charge in [0.15, 0.2) is 23.1 Å². The first kappa shape index (κ1) is 41.8. The summed E-state index contributed by atoms with van der Waals surface area (Å²) in [7, 11) is -2.64. The van der Waals surface area contributed by atoms with Crippen LogP contribution in [0.1, 0.15) is 106 Å². The first-order chi connectivity index (χ1) is 27.5. The topological polar surface area (TPSA) is 158 Å². The first-order valence-corrected chi connectivity index (χ1v) is 22.5. The minimum absolute atomic E-state index is 0.00415. The van der Waals surface area contributed by atoms with E-state index in [1.165, 1.54) is 35.5 Å². The molecule has 1 aromatic carbocycles. The molecule has 1 unspecified atom stereocenters. The molecule has 0 radical (unpaired) electrons. The molecule has 1 N–H and O–H groups in total. The zero-order valence-corrected chi connectivity index (χ0v) is 35.3. The van der Waals surface area contributed by atoms with E-state index in [0.717, 1.165) is 24.1 Å². The van der Waals surface area contributed by atoms with Crippen LogP contribution >= 0.6 is 11.3 Å². The van der Waals surface area contributed by atoms with Crippen LogP contribution in [0.4, 0.5) is 4.39 Å². The van der Waals surface area contributed by atoms with Crippen LogP contribution in [0.3, 0.4) is 0 Å². The van der Waals surface area contributed by atoms with Crippen molar-refractivity contribution in [2.75, 3.05) is 13.7 Å². The number of carbonyl (C=O) groups excluding carboxylic acids is 4. The number of ketones is 2. The van der Waals surface area contributed by atoms with Crippen molar-refractivity contribution < 1.29 is 46.2 Å². The molecule has 2 saturated carbocycles. The summed E-state index contributed by atoms with van der Waals surface area (Å²) in [6.45, 7) is 7.16. The van der Waals surface area contributed by atoms with Gasteiger partial charge in [-0.2, -0.15) is 0 Å².